The molecule has 1 heterocycles. The van der Waals surface area contributed by atoms with Gasteiger partial charge in [-0.1, -0.05) is 26.7 Å². The smallest absolute Gasteiger partial charge is 0.163 e. The maximum Gasteiger partial charge on any atom is 0.163 e. The molecule has 1 aromatic carbocycles. The van der Waals surface area contributed by atoms with E-state index in [9.17, 15) is 0 Å². The predicted octanol–water partition coefficient (Wildman–Crippen LogP) is 2.89. The average Bonchev–Trinajstić information content (AvgIpc) is 2.40. The SMILES string of the molecule is CCC(CC)CNc1cc2c(cc1N)OCCO2. The van der Waals surface area contributed by atoms with E-state index in [2.05, 4.69) is 19.2 Å². The Labute approximate surface area is 108 Å². The number of nitrogens with one attached hydrogen (secondary N) is 1. The molecule has 0 radical (unpaired) electrons. The van der Waals surface area contributed by atoms with Crippen LogP contribution in [0, 0.1) is 5.92 Å². The Bertz CT molecular complexity index is 403. The van der Waals surface area contributed by atoms with Crippen molar-refractivity contribution in [2.75, 3.05) is 30.8 Å². The van der Waals surface area contributed by atoms with Gasteiger partial charge < -0.3 is 20.5 Å². The summed E-state index contributed by atoms with van der Waals surface area (Å²) >= 11 is 0. The fourth-order valence-electron chi connectivity index (χ4n) is 2.09. The van der Waals surface area contributed by atoms with Gasteiger partial charge in [0.1, 0.15) is 13.2 Å². The molecule has 0 unspecified atom stereocenters. The van der Waals surface area contributed by atoms with Crippen molar-refractivity contribution in [1.29, 1.82) is 0 Å². The minimum Gasteiger partial charge on any atom is -0.486 e. The van der Waals surface area contributed by atoms with Gasteiger partial charge in [0, 0.05) is 18.7 Å². The first kappa shape index (κ1) is 12.9. The number of hydrogen-bond donors (Lipinski definition) is 2. The highest BCUT2D eigenvalue weighted by Gasteiger charge is 2.15. The van der Waals surface area contributed by atoms with Crippen LogP contribution < -0.4 is 20.5 Å². The van der Waals surface area contributed by atoms with Gasteiger partial charge in [0.05, 0.1) is 11.4 Å². The molecular weight excluding hydrogens is 228 g/mol. The fourth-order valence-corrected chi connectivity index (χ4v) is 2.09. The minimum absolute atomic E-state index is 0.590. The summed E-state index contributed by atoms with van der Waals surface area (Å²) in [5.41, 5.74) is 7.67. The molecule has 0 fully saturated rings. The van der Waals surface area contributed by atoms with Crippen LogP contribution in [0.2, 0.25) is 0 Å². The number of nitrogens with two attached hydrogens (primary N) is 1. The highest BCUT2D eigenvalue weighted by atomic mass is 16.6. The molecule has 0 aliphatic carbocycles. The van der Waals surface area contributed by atoms with Gasteiger partial charge in [0.15, 0.2) is 11.5 Å². The average molecular weight is 250 g/mol. The van der Waals surface area contributed by atoms with E-state index >= 15 is 0 Å². The highest BCUT2D eigenvalue weighted by Crippen LogP contribution is 2.37. The second kappa shape index (κ2) is 5.85. The molecule has 0 atom stereocenters. The zero-order valence-electron chi connectivity index (χ0n) is 11.2. The molecule has 0 aromatic heterocycles. The van der Waals surface area contributed by atoms with Gasteiger partial charge >= 0.3 is 0 Å². The molecule has 0 amide bonds. The lowest BCUT2D eigenvalue weighted by atomic mass is 10.0. The fraction of sp³-hybridized carbons (Fsp3) is 0.571. The van der Waals surface area contributed by atoms with E-state index in [0.717, 1.165) is 23.7 Å². The lowest BCUT2D eigenvalue weighted by Gasteiger charge is -2.21. The summed E-state index contributed by atoms with van der Waals surface area (Å²) in [7, 11) is 0. The van der Waals surface area contributed by atoms with Crippen LogP contribution >= 0.6 is 0 Å². The van der Waals surface area contributed by atoms with Crippen LogP contribution in [0.5, 0.6) is 11.5 Å². The van der Waals surface area contributed by atoms with Crippen molar-refractivity contribution in [1.82, 2.24) is 0 Å². The zero-order valence-corrected chi connectivity index (χ0v) is 11.2. The summed E-state index contributed by atoms with van der Waals surface area (Å²) in [6.07, 6.45) is 2.35. The minimum atomic E-state index is 0.590. The topological polar surface area (TPSA) is 56.5 Å². The van der Waals surface area contributed by atoms with Crippen molar-refractivity contribution in [3.8, 4) is 11.5 Å². The van der Waals surface area contributed by atoms with Gasteiger partial charge in [-0.05, 0) is 5.92 Å². The summed E-state index contributed by atoms with van der Waals surface area (Å²) in [4.78, 5) is 0. The lowest BCUT2D eigenvalue weighted by molar-refractivity contribution is 0.172. The number of rotatable bonds is 5. The van der Waals surface area contributed by atoms with E-state index in [1.807, 2.05) is 12.1 Å². The molecule has 0 saturated carbocycles. The van der Waals surface area contributed by atoms with E-state index in [1.165, 1.54) is 12.8 Å². The molecule has 0 spiro atoms. The van der Waals surface area contributed by atoms with Gasteiger partial charge in [-0.3, -0.25) is 0 Å². The molecule has 0 bridgehead atoms. The van der Waals surface area contributed by atoms with Crippen LogP contribution in [0.1, 0.15) is 26.7 Å². The van der Waals surface area contributed by atoms with Crippen LogP contribution in [0.15, 0.2) is 12.1 Å². The lowest BCUT2D eigenvalue weighted by Crippen LogP contribution is -2.17. The number of fused-ring (bicyclic) bond motifs is 1. The molecule has 1 aromatic rings. The normalized spacial score (nSPS) is 13.7. The van der Waals surface area contributed by atoms with Crippen LogP contribution in [-0.4, -0.2) is 19.8 Å². The Kier molecular flexibility index (Phi) is 4.18. The maximum absolute atomic E-state index is 6.02. The van der Waals surface area contributed by atoms with E-state index in [0.29, 0.717) is 24.8 Å². The van der Waals surface area contributed by atoms with E-state index in [1.54, 1.807) is 0 Å². The van der Waals surface area contributed by atoms with Crippen molar-refractivity contribution >= 4 is 11.4 Å². The molecule has 1 aliphatic rings. The van der Waals surface area contributed by atoms with Crippen LogP contribution in [-0.2, 0) is 0 Å². The monoisotopic (exact) mass is 250 g/mol. The summed E-state index contributed by atoms with van der Waals surface area (Å²) in [6, 6.07) is 3.77. The standard InChI is InChI=1S/C14H22N2O2/c1-3-10(4-2)9-16-12-8-14-13(7-11(12)15)17-5-6-18-14/h7-8,10,16H,3-6,9,15H2,1-2H3. The second-order valence-corrected chi connectivity index (χ2v) is 4.65. The van der Waals surface area contributed by atoms with Crippen molar-refractivity contribution in [3.05, 3.63) is 12.1 Å². The molecule has 4 heteroatoms. The number of anilines is 2. The van der Waals surface area contributed by atoms with Crippen LogP contribution in [0.4, 0.5) is 11.4 Å². The molecule has 100 valence electrons. The summed E-state index contributed by atoms with van der Waals surface area (Å²) in [5, 5.41) is 3.40. The van der Waals surface area contributed by atoms with Crippen LogP contribution in [0.25, 0.3) is 0 Å². The predicted molar refractivity (Wildman–Crippen MR) is 74.4 cm³/mol. The third kappa shape index (κ3) is 2.81. The third-order valence-corrected chi connectivity index (χ3v) is 3.45. The maximum atomic E-state index is 6.02. The van der Waals surface area contributed by atoms with Gasteiger partial charge in [-0.15, -0.1) is 0 Å². The number of hydrogen-bond acceptors (Lipinski definition) is 4. The van der Waals surface area contributed by atoms with Crippen molar-refractivity contribution < 1.29 is 9.47 Å². The van der Waals surface area contributed by atoms with E-state index < -0.39 is 0 Å². The van der Waals surface area contributed by atoms with Gasteiger partial charge in [0.2, 0.25) is 0 Å². The number of ether oxygens (including phenoxy) is 2. The summed E-state index contributed by atoms with van der Waals surface area (Å²) in [6.45, 7) is 6.55. The molecule has 3 N–H and O–H groups in total. The van der Waals surface area contributed by atoms with Crippen molar-refractivity contribution in [2.24, 2.45) is 5.92 Å². The summed E-state index contributed by atoms with van der Waals surface area (Å²) < 4.78 is 11.1. The molecular formula is C14H22N2O2. The van der Waals surface area contributed by atoms with E-state index in [-0.39, 0.29) is 0 Å². The van der Waals surface area contributed by atoms with E-state index in [4.69, 9.17) is 15.2 Å². The molecule has 4 nitrogen and oxygen atoms in total. The first-order valence-electron chi connectivity index (χ1n) is 6.67. The number of benzene rings is 1. The molecule has 2 rings (SSSR count). The van der Waals surface area contributed by atoms with Gasteiger partial charge in [0.25, 0.3) is 0 Å². The summed E-state index contributed by atoms with van der Waals surface area (Å²) in [5.74, 6) is 2.20. The first-order valence-corrected chi connectivity index (χ1v) is 6.67. The van der Waals surface area contributed by atoms with Crippen LogP contribution in [0.3, 0.4) is 0 Å². The Balaban J connectivity index is 2.08. The Morgan fingerprint density at radius 2 is 1.78 bits per heavy atom. The Morgan fingerprint density at radius 1 is 1.17 bits per heavy atom. The Morgan fingerprint density at radius 3 is 2.39 bits per heavy atom. The first-order chi connectivity index (χ1) is 8.74. The third-order valence-electron chi connectivity index (χ3n) is 3.45. The zero-order chi connectivity index (χ0) is 13.0. The second-order valence-electron chi connectivity index (χ2n) is 4.65. The highest BCUT2D eigenvalue weighted by molar-refractivity contribution is 5.72. The van der Waals surface area contributed by atoms with Gasteiger partial charge in [-0.2, -0.15) is 0 Å². The quantitative estimate of drug-likeness (QED) is 0.789. The largest absolute Gasteiger partial charge is 0.486 e. The van der Waals surface area contributed by atoms with Crippen molar-refractivity contribution in [3.63, 3.8) is 0 Å². The Hall–Kier alpha value is -1.58. The molecule has 1 aliphatic heterocycles. The van der Waals surface area contributed by atoms with Gasteiger partial charge in [-0.25, -0.2) is 0 Å². The number of nitrogen functional groups attached to an aromatic ring is 1. The molecule has 0 saturated heterocycles. The van der Waals surface area contributed by atoms with Crippen molar-refractivity contribution in [2.45, 2.75) is 26.7 Å². The molecule has 18 heavy (non-hydrogen) atoms.